The number of para-hydroxylation sites is 1. The molecule has 0 fully saturated rings. The van der Waals surface area contributed by atoms with Gasteiger partial charge in [0.2, 0.25) is 5.55 Å². The summed E-state index contributed by atoms with van der Waals surface area (Å²) in [6.07, 6.45) is 0. The van der Waals surface area contributed by atoms with Crippen molar-refractivity contribution < 1.29 is 17.6 Å². The van der Waals surface area contributed by atoms with E-state index in [-0.39, 0.29) is 16.0 Å². The van der Waals surface area contributed by atoms with Crippen molar-refractivity contribution in [2.45, 2.75) is 11.8 Å². The topological polar surface area (TPSA) is 101 Å². The van der Waals surface area contributed by atoms with Gasteiger partial charge in [0.15, 0.2) is 0 Å². The summed E-state index contributed by atoms with van der Waals surface area (Å²) in [5.74, 6) is -0.476. The van der Waals surface area contributed by atoms with Crippen LogP contribution in [0.5, 0.6) is 0 Å². The quantitative estimate of drug-likeness (QED) is 0.468. The lowest BCUT2D eigenvalue weighted by molar-refractivity contribution is 0.102. The van der Waals surface area contributed by atoms with Crippen molar-refractivity contribution in [1.82, 2.24) is 4.83 Å². The normalized spacial score (nSPS) is 12.0. The highest BCUT2D eigenvalue weighted by atomic mass is 32.2. The second-order valence-corrected chi connectivity index (χ2v) is 8.50. The highest BCUT2D eigenvalue weighted by molar-refractivity contribution is 7.89. The maximum absolute atomic E-state index is 12.9. The van der Waals surface area contributed by atoms with Crippen molar-refractivity contribution in [1.29, 1.82) is 0 Å². The first kappa shape index (κ1) is 20.4. The number of carbonyl (C=O) groups is 1. The lowest BCUT2D eigenvalue weighted by Crippen LogP contribution is -2.27. The number of fused-ring (bicyclic) bond motifs is 1. The first-order valence-electron chi connectivity index (χ1n) is 9.44. The molecule has 3 aromatic carbocycles. The summed E-state index contributed by atoms with van der Waals surface area (Å²) in [7, 11) is -3.93. The maximum atomic E-state index is 12.9. The molecule has 156 valence electrons. The molecule has 0 saturated carbocycles. The fraction of sp³-hybridized carbons (Fsp3) is 0.0435. The maximum Gasteiger partial charge on any atom is 0.276 e. The van der Waals surface area contributed by atoms with Gasteiger partial charge in [0.25, 0.3) is 15.9 Å². The lowest BCUT2D eigenvalue weighted by Gasteiger charge is -2.08. The largest absolute Gasteiger partial charge is 0.436 e. The van der Waals surface area contributed by atoms with Crippen LogP contribution in [0.1, 0.15) is 15.9 Å². The number of hydrogen-bond donors (Lipinski definition) is 2. The van der Waals surface area contributed by atoms with Crippen molar-refractivity contribution in [3.8, 4) is 0 Å². The average molecular weight is 433 g/mol. The van der Waals surface area contributed by atoms with Crippen LogP contribution < -0.4 is 15.7 Å². The summed E-state index contributed by atoms with van der Waals surface area (Å²) in [4.78, 5) is 15.1. The van der Waals surface area contributed by atoms with Crippen LogP contribution in [0.15, 0.2) is 99.3 Å². The summed E-state index contributed by atoms with van der Waals surface area (Å²) < 4.78 is 30.8. The molecule has 0 unspecified atom stereocenters. The van der Waals surface area contributed by atoms with E-state index in [2.05, 4.69) is 15.2 Å². The molecule has 0 saturated heterocycles. The van der Waals surface area contributed by atoms with Gasteiger partial charge in [0.1, 0.15) is 11.1 Å². The Bertz CT molecular complexity index is 1410. The van der Waals surface area contributed by atoms with Crippen molar-refractivity contribution in [2.24, 2.45) is 5.10 Å². The standard InChI is InChI=1S/C23H19N3O4S/c1-16-11-13-18(14-12-16)24-22(27)20-15-17-7-5-6-10-21(17)30-23(20)25-26-31(28,29)19-8-3-2-4-9-19/h2-15,26H,1H3,(H,24,27). The van der Waals surface area contributed by atoms with E-state index in [1.165, 1.54) is 12.1 Å². The molecule has 0 spiro atoms. The molecular weight excluding hydrogens is 414 g/mol. The van der Waals surface area contributed by atoms with Gasteiger partial charge in [0, 0.05) is 11.1 Å². The third-order valence-corrected chi connectivity index (χ3v) is 5.76. The fourth-order valence-electron chi connectivity index (χ4n) is 2.90. The van der Waals surface area contributed by atoms with Gasteiger partial charge in [-0.25, -0.2) is 0 Å². The number of nitrogens with one attached hydrogen (secondary N) is 2. The number of sulfonamides is 1. The molecule has 0 atom stereocenters. The minimum Gasteiger partial charge on any atom is -0.436 e. The minimum absolute atomic E-state index is 0.0465. The molecule has 1 amide bonds. The first-order chi connectivity index (χ1) is 14.9. The third kappa shape index (κ3) is 4.65. The Morgan fingerprint density at radius 1 is 0.903 bits per heavy atom. The van der Waals surface area contributed by atoms with E-state index in [1.54, 1.807) is 54.6 Å². The third-order valence-electron chi connectivity index (χ3n) is 4.53. The van der Waals surface area contributed by atoms with Gasteiger partial charge in [-0.2, -0.15) is 13.2 Å². The molecule has 0 aliphatic rings. The van der Waals surface area contributed by atoms with Gasteiger partial charge in [-0.15, -0.1) is 5.10 Å². The summed E-state index contributed by atoms with van der Waals surface area (Å²) in [6, 6.07) is 23.8. The molecular formula is C23H19N3O4S. The zero-order valence-electron chi connectivity index (χ0n) is 16.6. The smallest absolute Gasteiger partial charge is 0.276 e. The van der Waals surface area contributed by atoms with E-state index in [4.69, 9.17) is 4.42 Å². The minimum atomic E-state index is -3.93. The molecule has 0 aliphatic carbocycles. The van der Waals surface area contributed by atoms with Crippen LogP contribution in [0.4, 0.5) is 5.69 Å². The van der Waals surface area contributed by atoms with E-state index in [0.717, 1.165) is 5.56 Å². The van der Waals surface area contributed by atoms with Gasteiger partial charge in [-0.1, -0.05) is 54.1 Å². The number of benzene rings is 3. The Balaban J connectivity index is 1.75. The van der Waals surface area contributed by atoms with Crippen molar-refractivity contribution in [3.05, 3.63) is 102 Å². The van der Waals surface area contributed by atoms with E-state index < -0.39 is 15.9 Å². The van der Waals surface area contributed by atoms with Crippen LogP contribution >= 0.6 is 0 Å². The number of anilines is 1. The van der Waals surface area contributed by atoms with Crippen LogP contribution in [0, 0.1) is 6.92 Å². The number of nitrogens with zero attached hydrogens (tertiary/aromatic N) is 1. The molecule has 0 aliphatic heterocycles. The van der Waals surface area contributed by atoms with Gasteiger partial charge in [-0.05, 0) is 43.3 Å². The Morgan fingerprint density at radius 2 is 1.58 bits per heavy atom. The molecule has 1 heterocycles. The van der Waals surface area contributed by atoms with Crippen molar-refractivity contribution >= 4 is 32.6 Å². The highest BCUT2D eigenvalue weighted by Gasteiger charge is 2.16. The number of rotatable bonds is 5. The SMILES string of the molecule is Cc1ccc(NC(=O)c2cc3ccccc3oc2=NNS(=O)(=O)c2ccccc2)cc1. The zero-order valence-corrected chi connectivity index (χ0v) is 17.4. The molecule has 1 aromatic heterocycles. The number of hydrogen-bond acceptors (Lipinski definition) is 5. The molecule has 2 N–H and O–H groups in total. The number of carbonyl (C=O) groups excluding carboxylic acids is 1. The molecule has 4 rings (SSSR count). The van der Waals surface area contributed by atoms with E-state index >= 15 is 0 Å². The number of amides is 1. The van der Waals surface area contributed by atoms with Gasteiger partial charge < -0.3 is 9.73 Å². The fourth-order valence-corrected chi connectivity index (χ4v) is 3.73. The Kier molecular flexibility index (Phi) is 5.55. The first-order valence-corrected chi connectivity index (χ1v) is 10.9. The summed E-state index contributed by atoms with van der Waals surface area (Å²) in [5.41, 5.74) is 2.06. The Hall–Kier alpha value is -3.91. The van der Waals surface area contributed by atoms with E-state index in [0.29, 0.717) is 16.7 Å². The zero-order chi connectivity index (χ0) is 21.8. The molecule has 4 aromatic rings. The van der Waals surface area contributed by atoms with E-state index in [9.17, 15) is 13.2 Å². The predicted molar refractivity (Wildman–Crippen MR) is 118 cm³/mol. The molecule has 8 heteroatoms. The molecule has 7 nitrogen and oxygen atoms in total. The molecule has 0 radical (unpaired) electrons. The van der Waals surface area contributed by atoms with Crippen LogP contribution in [-0.2, 0) is 10.0 Å². The monoisotopic (exact) mass is 433 g/mol. The van der Waals surface area contributed by atoms with Crippen LogP contribution in [0.3, 0.4) is 0 Å². The summed E-state index contributed by atoms with van der Waals surface area (Å²) >= 11 is 0. The summed E-state index contributed by atoms with van der Waals surface area (Å²) in [6.45, 7) is 1.95. The van der Waals surface area contributed by atoms with Gasteiger partial charge in [-0.3, -0.25) is 4.79 Å². The van der Waals surface area contributed by atoms with Crippen molar-refractivity contribution in [3.63, 3.8) is 0 Å². The van der Waals surface area contributed by atoms with Crippen molar-refractivity contribution in [2.75, 3.05) is 5.32 Å². The molecule has 31 heavy (non-hydrogen) atoms. The second kappa shape index (κ2) is 8.45. The summed E-state index contributed by atoms with van der Waals surface area (Å²) in [5, 5.41) is 7.38. The van der Waals surface area contributed by atoms with Crippen LogP contribution in [0.2, 0.25) is 0 Å². The average Bonchev–Trinajstić information content (AvgIpc) is 2.79. The van der Waals surface area contributed by atoms with Crippen LogP contribution in [-0.4, -0.2) is 14.3 Å². The predicted octanol–water partition coefficient (Wildman–Crippen LogP) is 3.79. The Labute approximate surface area is 179 Å². The highest BCUT2D eigenvalue weighted by Crippen LogP contribution is 2.15. The van der Waals surface area contributed by atoms with Crippen LogP contribution in [0.25, 0.3) is 11.0 Å². The number of aryl methyl sites for hydroxylation is 1. The lowest BCUT2D eigenvalue weighted by atomic mass is 10.1. The second-order valence-electron chi connectivity index (χ2n) is 6.84. The molecule has 0 bridgehead atoms. The van der Waals surface area contributed by atoms with E-state index in [1.807, 2.05) is 25.1 Å². The Morgan fingerprint density at radius 3 is 2.32 bits per heavy atom. The van der Waals surface area contributed by atoms with Gasteiger partial charge in [0.05, 0.1) is 4.90 Å². The van der Waals surface area contributed by atoms with Gasteiger partial charge >= 0.3 is 0 Å².